The number of hydrogen-bond donors (Lipinski definition) is 2. The Bertz CT molecular complexity index is 1050. The van der Waals surface area contributed by atoms with Crippen LogP contribution >= 0.6 is 0 Å². The molecule has 0 aliphatic heterocycles. The number of benzene rings is 3. The molecule has 2 amide bonds. The zero-order valence-corrected chi connectivity index (χ0v) is 15.8. The van der Waals surface area contributed by atoms with Gasteiger partial charge in [-0.25, -0.2) is 0 Å². The van der Waals surface area contributed by atoms with Crippen molar-refractivity contribution in [2.45, 2.75) is 6.92 Å². The number of anilines is 2. The van der Waals surface area contributed by atoms with Crippen molar-refractivity contribution in [1.29, 1.82) is 5.26 Å². The van der Waals surface area contributed by atoms with Crippen LogP contribution in [0.25, 0.3) is 0 Å². The van der Waals surface area contributed by atoms with Crippen LogP contribution in [0.2, 0.25) is 0 Å². The maximum absolute atomic E-state index is 12.5. The van der Waals surface area contributed by atoms with Crippen molar-refractivity contribution in [3.8, 4) is 11.8 Å². The van der Waals surface area contributed by atoms with E-state index in [0.717, 1.165) is 0 Å². The molecule has 29 heavy (non-hydrogen) atoms. The van der Waals surface area contributed by atoms with E-state index in [1.165, 1.54) is 0 Å². The van der Waals surface area contributed by atoms with Crippen molar-refractivity contribution < 1.29 is 14.3 Å². The molecule has 0 saturated carbocycles. The predicted molar refractivity (Wildman–Crippen MR) is 111 cm³/mol. The molecule has 0 unspecified atom stereocenters. The van der Waals surface area contributed by atoms with Gasteiger partial charge in [-0.1, -0.05) is 12.1 Å². The van der Waals surface area contributed by atoms with Gasteiger partial charge < -0.3 is 15.4 Å². The van der Waals surface area contributed by atoms with Crippen molar-refractivity contribution in [2.24, 2.45) is 0 Å². The van der Waals surface area contributed by atoms with E-state index in [9.17, 15) is 9.59 Å². The third-order valence-corrected chi connectivity index (χ3v) is 4.12. The van der Waals surface area contributed by atoms with Crippen molar-refractivity contribution in [2.75, 3.05) is 17.2 Å². The summed E-state index contributed by atoms with van der Waals surface area (Å²) in [5.74, 6) is 0.00123. The van der Waals surface area contributed by atoms with Gasteiger partial charge in [0.2, 0.25) is 0 Å². The van der Waals surface area contributed by atoms with Crippen LogP contribution < -0.4 is 15.4 Å². The number of carbonyl (C=O) groups is 2. The highest BCUT2D eigenvalue weighted by atomic mass is 16.5. The van der Waals surface area contributed by atoms with Gasteiger partial charge in [-0.05, 0) is 67.6 Å². The second-order valence-corrected chi connectivity index (χ2v) is 6.10. The number of ether oxygens (including phenoxy) is 1. The largest absolute Gasteiger partial charge is 0.492 e. The Kier molecular flexibility index (Phi) is 6.23. The van der Waals surface area contributed by atoms with Gasteiger partial charge in [0, 0.05) is 16.8 Å². The molecule has 3 aromatic carbocycles. The Hall–Kier alpha value is -4.11. The number of nitrogens with zero attached hydrogens (tertiary/aromatic N) is 1. The minimum absolute atomic E-state index is 0.295. The summed E-state index contributed by atoms with van der Waals surface area (Å²) in [5.41, 5.74) is 2.53. The maximum Gasteiger partial charge on any atom is 0.255 e. The van der Waals surface area contributed by atoms with Crippen LogP contribution in [0.1, 0.15) is 33.2 Å². The Morgan fingerprint density at radius 1 is 0.862 bits per heavy atom. The molecular weight excluding hydrogens is 366 g/mol. The van der Waals surface area contributed by atoms with Crippen LogP contribution in [0.5, 0.6) is 5.75 Å². The summed E-state index contributed by atoms with van der Waals surface area (Å²) < 4.78 is 5.51. The zero-order chi connectivity index (χ0) is 20.6. The number of para-hydroxylation sites is 2. The minimum Gasteiger partial charge on any atom is -0.492 e. The van der Waals surface area contributed by atoms with Crippen molar-refractivity contribution in [3.63, 3.8) is 0 Å². The molecule has 0 fully saturated rings. The summed E-state index contributed by atoms with van der Waals surface area (Å²) in [6.45, 7) is 2.37. The number of hydrogen-bond acceptors (Lipinski definition) is 4. The SMILES string of the molecule is CCOc1ccccc1NC(=O)c1ccc(C(=O)Nc2ccc(C#N)cc2)cc1. The molecule has 0 atom stereocenters. The lowest BCUT2D eigenvalue weighted by atomic mass is 10.1. The summed E-state index contributed by atoms with van der Waals surface area (Å²) in [6, 6.07) is 22.2. The highest BCUT2D eigenvalue weighted by Gasteiger charge is 2.11. The molecule has 144 valence electrons. The van der Waals surface area contributed by atoms with Gasteiger partial charge in [0.1, 0.15) is 5.75 Å². The minimum atomic E-state index is -0.302. The summed E-state index contributed by atoms with van der Waals surface area (Å²) >= 11 is 0. The van der Waals surface area contributed by atoms with Gasteiger partial charge in [-0.3, -0.25) is 9.59 Å². The number of rotatable bonds is 6. The molecule has 0 aromatic heterocycles. The molecule has 0 bridgehead atoms. The summed E-state index contributed by atoms with van der Waals surface area (Å²) in [6.07, 6.45) is 0. The van der Waals surface area contributed by atoms with E-state index in [0.29, 0.717) is 40.4 Å². The van der Waals surface area contributed by atoms with Gasteiger partial charge in [0.05, 0.1) is 23.9 Å². The Balaban J connectivity index is 1.67. The van der Waals surface area contributed by atoms with Crippen molar-refractivity contribution in [3.05, 3.63) is 89.5 Å². The third kappa shape index (κ3) is 4.99. The van der Waals surface area contributed by atoms with E-state index in [1.54, 1.807) is 60.7 Å². The molecule has 0 spiro atoms. The average molecular weight is 385 g/mol. The van der Waals surface area contributed by atoms with Gasteiger partial charge in [0.25, 0.3) is 11.8 Å². The molecule has 0 heterocycles. The fraction of sp³-hybridized carbons (Fsp3) is 0.0870. The summed E-state index contributed by atoms with van der Waals surface area (Å²) in [5, 5.41) is 14.4. The molecule has 6 nitrogen and oxygen atoms in total. The van der Waals surface area contributed by atoms with Crippen LogP contribution in [-0.2, 0) is 0 Å². The number of nitriles is 1. The topological polar surface area (TPSA) is 91.2 Å². The van der Waals surface area contributed by atoms with E-state index in [1.807, 2.05) is 25.1 Å². The van der Waals surface area contributed by atoms with Gasteiger partial charge in [0.15, 0.2) is 0 Å². The predicted octanol–water partition coefficient (Wildman–Crippen LogP) is 4.46. The molecule has 0 aliphatic rings. The summed E-state index contributed by atoms with van der Waals surface area (Å²) in [7, 11) is 0. The third-order valence-electron chi connectivity index (χ3n) is 4.12. The monoisotopic (exact) mass is 385 g/mol. The van der Waals surface area contributed by atoms with E-state index in [-0.39, 0.29) is 11.8 Å². The smallest absolute Gasteiger partial charge is 0.255 e. The van der Waals surface area contributed by atoms with Gasteiger partial charge in [-0.15, -0.1) is 0 Å². The van der Waals surface area contributed by atoms with E-state index in [2.05, 4.69) is 10.6 Å². The Morgan fingerprint density at radius 3 is 2.03 bits per heavy atom. The van der Waals surface area contributed by atoms with Crippen LogP contribution in [0.15, 0.2) is 72.8 Å². The fourth-order valence-electron chi connectivity index (χ4n) is 2.65. The standard InChI is InChI=1S/C23H19N3O3/c1-2-29-21-6-4-3-5-20(21)26-23(28)18-11-9-17(10-12-18)22(27)25-19-13-7-16(15-24)8-14-19/h3-14H,2H2,1H3,(H,25,27)(H,26,28). The number of nitrogens with one attached hydrogen (secondary N) is 2. The van der Waals surface area contributed by atoms with Crippen LogP contribution in [0.4, 0.5) is 11.4 Å². The molecule has 0 aliphatic carbocycles. The Labute approximate surface area is 168 Å². The molecule has 6 heteroatoms. The molecule has 3 aromatic rings. The fourth-order valence-corrected chi connectivity index (χ4v) is 2.65. The quantitative estimate of drug-likeness (QED) is 0.655. The lowest BCUT2D eigenvalue weighted by Crippen LogP contribution is -2.15. The average Bonchev–Trinajstić information content (AvgIpc) is 2.76. The van der Waals surface area contributed by atoms with Crippen LogP contribution in [0.3, 0.4) is 0 Å². The first-order chi connectivity index (χ1) is 14.1. The molecule has 0 radical (unpaired) electrons. The first-order valence-electron chi connectivity index (χ1n) is 9.05. The highest BCUT2D eigenvalue weighted by Crippen LogP contribution is 2.24. The second kappa shape index (κ2) is 9.20. The second-order valence-electron chi connectivity index (χ2n) is 6.10. The van der Waals surface area contributed by atoms with Gasteiger partial charge >= 0.3 is 0 Å². The number of amides is 2. The lowest BCUT2D eigenvalue weighted by molar-refractivity contribution is 0.101. The number of carbonyl (C=O) groups excluding carboxylic acids is 2. The highest BCUT2D eigenvalue weighted by molar-refractivity contribution is 6.07. The summed E-state index contributed by atoms with van der Waals surface area (Å²) in [4.78, 5) is 24.9. The van der Waals surface area contributed by atoms with Gasteiger partial charge in [-0.2, -0.15) is 5.26 Å². The lowest BCUT2D eigenvalue weighted by Gasteiger charge is -2.11. The van der Waals surface area contributed by atoms with Crippen molar-refractivity contribution in [1.82, 2.24) is 0 Å². The zero-order valence-electron chi connectivity index (χ0n) is 15.8. The van der Waals surface area contributed by atoms with Crippen molar-refractivity contribution >= 4 is 23.2 Å². The first kappa shape index (κ1) is 19.6. The van der Waals surface area contributed by atoms with Crippen LogP contribution in [-0.4, -0.2) is 18.4 Å². The van der Waals surface area contributed by atoms with E-state index >= 15 is 0 Å². The molecule has 3 rings (SSSR count). The van der Waals surface area contributed by atoms with Crippen LogP contribution in [0, 0.1) is 11.3 Å². The Morgan fingerprint density at radius 2 is 1.45 bits per heavy atom. The maximum atomic E-state index is 12.5. The normalized spacial score (nSPS) is 9.93. The first-order valence-corrected chi connectivity index (χ1v) is 9.05. The van der Waals surface area contributed by atoms with E-state index < -0.39 is 0 Å². The molecular formula is C23H19N3O3. The molecule has 0 saturated heterocycles. The van der Waals surface area contributed by atoms with E-state index in [4.69, 9.17) is 10.00 Å². The molecule has 2 N–H and O–H groups in total.